The largest absolute Gasteiger partial charge is 0.485 e. The summed E-state index contributed by atoms with van der Waals surface area (Å²) in [7, 11) is 0. The highest BCUT2D eigenvalue weighted by molar-refractivity contribution is 5.82. The van der Waals surface area contributed by atoms with Crippen molar-refractivity contribution in [3.05, 3.63) is 24.3 Å². The summed E-state index contributed by atoms with van der Waals surface area (Å²) in [5.74, 6) is 1.31. The number of ether oxygens (including phenoxy) is 2. The monoisotopic (exact) mass is 261 g/mol. The molecular formula is C15H19NO3. The van der Waals surface area contributed by atoms with Gasteiger partial charge < -0.3 is 14.8 Å². The summed E-state index contributed by atoms with van der Waals surface area (Å²) in [5, 5.41) is 3.08. The topological polar surface area (TPSA) is 47.6 Å². The maximum absolute atomic E-state index is 12.2. The molecule has 0 bridgehead atoms. The SMILES string of the molecule is O=C(NC1CCCCC1)[C@@H]1COc2ccccc2O1. The van der Waals surface area contributed by atoms with E-state index in [2.05, 4.69) is 5.32 Å². The van der Waals surface area contributed by atoms with Gasteiger partial charge in [-0.2, -0.15) is 0 Å². The van der Waals surface area contributed by atoms with Crippen LogP contribution in [0.15, 0.2) is 24.3 Å². The minimum atomic E-state index is -0.531. The van der Waals surface area contributed by atoms with Crippen LogP contribution in [0, 0.1) is 0 Å². The van der Waals surface area contributed by atoms with Gasteiger partial charge in [-0.1, -0.05) is 31.4 Å². The average Bonchev–Trinajstić information content (AvgIpc) is 2.48. The fourth-order valence-electron chi connectivity index (χ4n) is 2.69. The molecule has 1 fully saturated rings. The zero-order valence-electron chi connectivity index (χ0n) is 10.9. The van der Waals surface area contributed by atoms with Gasteiger partial charge in [0.2, 0.25) is 6.10 Å². The summed E-state index contributed by atoms with van der Waals surface area (Å²) in [4.78, 5) is 12.2. The van der Waals surface area contributed by atoms with Gasteiger partial charge in [0.05, 0.1) is 0 Å². The van der Waals surface area contributed by atoms with Crippen molar-refractivity contribution < 1.29 is 14.3 Å². The second-order valence-electron chi connectivity index (χ2n) is 5.21. The van der Waals surface area contributed by atoms with Crippen molar-refractivity contribution in [3.8, 4) is 11.5 Å². The van der Waals surface area contributed by atoms with E-state index in [1.54, 1.807) is 0 Å². The van der Waals surface area contributed by atoms with Gasteiger partial charge in [-0.15, -0.1) is 0 Å². The number of carbonyl (C=O) groups excluding carboxylic acids is 1. The van der Waals surface area contributed by atoms with E-state index in [4.69, 9.17) is 9.47 Å². The number of carbonyl (C=O) groups is 1. The second kappa shape index (κ2) is 5.51. The van der Waals surface area contributed by atoms with Crippen molar-refractivity contribution in [2.75, 3.05) is 6.61 Å². The lowest BCUT2D eigenvalue weighted by Gasteiger charge is -2.28. The quantitative estimate of drug-likeness (QED) is 0.888. The summed E-state index contributed by atoms with van der Waals surface area (Å²) in [5.41, 5.74) is 0. The summed E-state index contributed by atoms with van der Waals surface area (Å²) >= 11 is 0. The number of hydrogen-bond donors (Lipinski definition) is 1. The summed E-state index contributed by atoms with van der Waals surface area (Å²) in [6.45, 7) is 0.287. The van der Waals surface area contributed by atoms with Crippen LogP contribution in [0.4, 0.5) is 0 Å². The molecule has 1 heterocycles. The molecule has 3 rings (SSSR count). The lowest BCUT2D eigenvalue weighted by atomic mass is 9.95. The predicted molar refractivity (Wildman–Crippen MR) is 71.4 cm³/mol. The Bertz CT molecular complexity index is 454. The smallest absolute Gasteiger partial charge is 0.264 e. The molecule has 1 aromatic rings. The van der Waals surface area contributed by atoms with Crippen molar-refractivity contribution in [2.24, 2.45) is 0 Å². The molecule has 1 aliphatic carbocycles. The average molecular weight is 261 g/mol. The molecule has 2 aliphatic rings. The standard InChI is InChI=1S/C15H19NO3/c17-15(16-11-6-2-1-3-7-11)14-10-18-12-8-4-5-9-13(12)19-14/h4-5,8-9,11,14H,1-3,6-7,10H2,(H,16,17)/t14-/m0/s1. The maximum Gasteiger partial charge on any atom is 0.264 e. The van der Waals surface area contributed by atoms with E-state index < -0.39 is 6.10 Å². The minimum Gasteiger partial charge on any atom is -0.485 e. The van der Waals surface area contributed by atoms with E-state index >= 15 is 0 Å². The molecule has 1 atom stereocenters. The molecule has 0 radical (unpaired) electrons. The zero-order chi connectivity index (χ0) is 13.1. The number of amides is 1. The van der Waals surface area contributed by atoms with Gasteiger partial charge in [0.1, 0.15) is 6.61 Å². The molecule has 0 unspecified atom stereocenters. The highest BCUT2D eigenvalue weighted by Gasteiger charge is 2.28. The van der Waals surface area contributed by atoms with Gasteiger partial charge in [-0.3, -0.25) is 4.79 Å². The Morgan fingerprint density at radius 1 is 1.11 bits per heavy atom. The summed E-state index contributed by atoms with van der Waals surface area (Å²) < 4.78 is 11.3. The Balaban J connectivity index is 1.59. The first kappa shape index (κ1) is 12.3. The van der Waals surface area contributed by atoms with Crippen LogP contribution in [0.2, 0.25) is 0 Å². The highest BCUT2D eigenvalue weighted by atomic mass is 16.6. The molecule has 0 spiro atoms. The lowest BCUT2D eigenvalue weighted by molar-refractivity contribution is -0.131. The molecule has 19 heavy (non-hydrogen) atoms. The molecule has 0 aromatic heterocycles. The van der Waals surface area contributed by atoms with E-state index in [0.29, 0.717) is 17.5 Å². The Kier molecular flexibility index (Phi) is 3.58. The van der Waals surface area contributed by atoms with Crippen molar-refractivity contribution in [1.82, 2.24) is 5.32 Å². The fraction of sp³-hybridized carbons (Fsp3) is 0.533. The minimum absolute atomic E-state index is 0.0543. The van der Waals surface area contributed by atoms with Crippen molar-refractivity contribution >= 4 is 5.91 Å². The second-order valence-corrected chi connectivity index (χ2v) is 5.21. The Labute approximate surface area is 113 Å². The first-order valence-corrected chi connectivity index (χ1v) is 7.02. The van der Waals surface area contributed by atoms with Gasteiger partial charge in [0.25, 0.3) is 5.91 Å². The van der Waals surface area contributed by atoms with Crippen molar-refractivity contribution in [2.45, 2.75) is 44.2 Å². The normalized spacial score (nSPS) is 22.8. The molecule has 1 saturated carbocycles. The van der Waals surface area contributed by atoms with E-state index in [9.17, 15) is 4.79 Å². The first-order valence-electron chi connectivity index (χ1n) is 7.02. The number of para-hydroxylation sites is 2. The molecule has 4 nitrogen and oxygen atoms in total. The van der Waals surface area contributed by atoms with Crippen molar-refractivity contribution in [3.63, 3.8) is 0 Å². The maximum atomic E-state index is 12.2. The third-order valence-electron chi connectivity index (χ3n) is 3.75. The number of benzene rings is 1. The molecule has 102 valence electrons. The molecule has 1 aromatic carbocycles. The van der Waals surface area contributed by atoms with E-state index in [0.717, 1.165) is 12.8 Å². The Hall–Kier alpha value is -1.71. The number of fused-ring (bicyclic) bond motifs is 1. The van der Waals surface area contributed by atoms with Crippen LogP contribution >= 0.6 is 0 Å². The zero-order valence-corrected chi connectivity index (χ0v) is 10.9. The number of nitrogens with one attached hydrogen (secondary N) is 1. The van der Waals surface area contributed by atoms with Gasteiger partial charge in [0.15, 0.2) is 11.5 Å². The molecule has 1 amide bonds. The van der Waals surface area contributed by atoms with Gasteiger partial charge in [-0.25, -0.2) is 0 Å². The Morgan fingerprint density at radius 3 is 2.63 bits per heavy atom. The van der Waals surface area contributed by atoms with Crippen LogP contribution in [-0.2, 0) is 4.79 Å². The van der Waals surface area contributed by atoms with Gasteiger partial charge in [-0.05, 0) is 25.0 Å². The first-order chi connectivity index (χ1) is 9.33. The predicted octanol–water partition coefficient (Wildman–Crippen LogP) is 2.28. The summed E-state index contributed by atoms with van der Waals surface area (Å²) in [6.07, 6.45) is 5.32. The van der Waals surface area contributed by atoms with Crippen LogP contribution in [0.25, 0.3) is 0 Å². The Morgan fingerprint density at radius 2 is 1.84 bits per heavy atom. The number of rotatable bonds is 2. The highest BCUT2D eigenvalue weighted by Crippen LogP contribution is 2.31. The molecule has 4 heteroatoms. The van der Waals surface area contributed by atoms with E-state index in [1.165, 1.54) is 19.3 Å². The molecule has 1 aliphatic heterocycles. The van der Waals surface area contributed by atoms with E-state index in [-0.39, 0.29) is 12.5 Å². The third kappa shape index (κ3) is 2.83. The molecular weight excluding hydrogens is 242 g/mol. The van der Waals surface area contributed by atoms with Crippen LogP contribution in [0.3, 0.4) is 0 Å². The van der Waals surface area contributed by atoms with Crippen LogP contribution in [-0.4, -0.2) is 24.7 Å². The van der Waals surface area contributed by atoms with Gasteiger partial charge in [0, 0.05) is 6.04 Å². The van der Waals surface area contributed by atoms with E-state index in [1.807, 2.05) is 24.3 Å². The van der Waals surface area contributed by atoms with Gasteiger partial charge >= 0.3 is 0 Å². The van der Waals surface area contributed by atoms with Crippen LogP contribution < -0.4 is 14.8 Å². The lowest BCUT2D eigenvalue weighted by Crippen LogP contribution is -2.48. The molecule has 0 saturated heterocycles. The van der Waals surface area contributed by atoms with Crippen LogP contribution in [0.1, 0.15) is 32.1 Å². The van der Waals surface area contributed by atoms with Crippen molar-refractivity contribution in [1.29, 1.82) is 0 Å². The number of hydrogen-bond acceptors (Lipinski definition) is 3. The summed E-state index contributed by atoms with van der Waals surface area (Å²) in [6, 6.07) is 7.76. The fourth-order valence-corrected chi connectivity index (χ4v) is 2.69. The van der Waals surface area contributed by atoms with Crippen LogP contribution in [0.5, 0.6) is 11.5 Å². The molecule has 1 N–H and O–H groups in total. The third-order valence-corrected chi connectivity index (χ3v) is 3.75.